The lowest BCUT2D eigenvalue weighted by atomic mass is 10.1. The minimum absolute atomic E-state index is 0.0647. The molecule has 0 aromatic heterocycles. The summed E-state index contributed by atoms with van der Waals surface area (Å²) in [6, 6.07) is 10.1. The molecule has 2 aromatic carbocycles. The molecule has 0 radical (unpaired) electrons. The largest absolute Gasteiger partial charge is 0.490 e. The van der Waals surface area contributed by atoms with Crippen molar-refractivity contribution in [3.05, 3.63) is 53.8 Å². The topological polar surface area (TPSA) is 90.9 Å². The Morgan fingerprint density at radius 2 is 1.73 bits per heavy atom. The van der Waals surface area contributed by atoms with Gasteiger partial charge in [-0.3, -0.25) is 14.4 Å². The molecule has 7 nitrogen and oxygen atoms in total. The quantitative estimate of drug-likeness (QED) is 0.550. The van der Waals surface area contributed by atoms with Crippen molar-refractivity contribution in [2.24, 2.45) is 0 Å². The fraction of sp³-hybridized carbons (Fsp3) is 0.318. The van der Waals surface area contributed by atoms with Crippen molar-refractivity contribution in [2.75, 3.05) is 18.5 Å². The van der Waals surface area contributed by atoms with Gasteiger partial charge in [0.25, 0.3) is 5.91 Å². The molecule has 0 bridgehead atoms. The van der Waals surface area contributed by atoms with Gasteiger partial charge in [-0.15, -0.1) is 0 Å². The summed E-state index contributed by atoms with van der Waals surface area (Å²) in [5, 5.41) is 2.52. The molecular weight excluding hydrogens is 393 g/mol. The smallest absolute Gasteiger partial charge is 0.307 e. The van der Waals surface area contributed by atoms with Gasteiger partial charge < -0.3 is 19.5 Å². The molecule has 0 saturated carbocycles. The van der Waals surface area contributed by atoms with E-state index in [1.807, 2.05) is 0 Å². The fourth-order valence-electron chi connectivity index (χ4n) is 2.78. The standard InChI is InChI=1S/C22H22FNO6/c1-14(22(27)24-17-6-4-16(23)5-7-17)30-21(26)10-8-18(25)15-3-9-19-20(13-15)29-12-2-11-28-19/h3-7,9,13-14H,2,8,10-12H2,1H3,(H,24,27)/t14-/m1/s1. The van der Waals surface area contributed by atoms with Crippen molar-refractivity contribution in [3.8, 4) is 11.5 Å². The molecule has 1 aliphatic rings. The normalized spacial score (nSPS) is 13.7. The van der Waals surface area contributed by atoms with Crippen LogP contribution in [-0.4, -0.2) is 37.0 Å². The molecule has 0 unspecified atom stereocenters. The molecule has 0 aliphatic carbocycles. The van der Waals surface area contributed by atoms with Gasteiger partial charge in [-0.1, -0.05) is 0 Å². The molecule has 1 aliphatic heterocycles. The fourth-order valence-corrected chi connectivity index (χ4v) is 2.78. The second-order valence-electron chi connectivity index (χ2n) is 6.76. The third-order valence-electron chi connectivity index (χ3n) is 4.41. The van der Waals surface area contributed by atoms with Crippen LogP contribution in [0.25, 0.3) is 0 Å². The second-order valence-corrected chi connectivity index (χ2v) is 6.76. The molecule has 1 heterocycles. The van der Waals surface area contributed by atoms with E-state index in [0.29, 0.717) is 36.0 Å². The predicted octanol–water partition coefficient (Wildman–Crippen LogP) is 3.52. The van der Waals surface area contributed by atoms with Gasteiger partial charge in [-0.25, -0.2) is 4.39 Å². The number of carbonyl (C=O) groups excluding carboxylic acids is 3. The molecule has 158 valence electrons. The van der Waals surface area contributed by atoms with E-state index in [0.717, 1.165) is 6.42 Å². The first-order valence-electron chi connectivity index (χ1n) is 9.61. The molecule has 1 amide bonds. The van der Waals surface area contributed by atoms with Gasteiger partial charge in [0.05, 0.1) is 19.6 Å². The number of fused-ring (bicyclic) bond motifs is 1. The summed E-state index contributed by atoms with van der Waals surface area (Å²) in [7, 11) is 0. The Labute approximate surface area is 173 Å². The average Bonchev–Trinajstić information content (AvgIpc) is 2.98. The number of amides is 1. The summed E-state index contributed by atoms with van der Waals surface area (Å²) in [6.07, 6.45) is -0.529. The highest BCUT2D eigenvalue weighted by Gasteiger charge is 2.20. The summed E-state index contributed by atoms with van der Waals surface area (Å²) in [6.45, 7) is 2.48. The van der Waals surface area contributed by atoms with Crippen LogP contribution in [0, 0.1) is 5.82 Å². The molecule has 1 N–H and O–H groups in total. The lowest BCUT2D eigenvalue weighted by Crippen LogP contribution is -2.30. The first kappa shape index (κ1) is 21.3. The first-order chi connectivity index (χ1) is 14.4. The number of esters is 1. The molecule has 0 spiro atoms. The molecule has 2 aromatic rings. The Morgan fingerprint density at radius 3 is 2.47 bits per heavy atom. The maximum atomic E-state index is 12.9. The minimum Gasteiger partial charge on any atom is -0.490 e. The number of nitrogens with one attached hydrogen (secondary N) is 1. The Morgan fingerprint density at radius 1 is 1.03 bits per heavy atom. The number of hydrogen-bond acceptors (Lipinski definition) is 6. The average molecular weight is 415 g/mol. The van der Waals surface area contributed by atoms with E-state index >= 15 is 0 Å². The molecule has 1 atom stereocenters. The van der Waals surface area contributed by atoms with Crippen molar-refractivity contribution in [1.82, 2.24) is 0 Å². The summed E-state index contributed by atoms with van der Waals surface area (Å²) in [5.74, 6) is -0.795. The van der Waals surface area contributed by atoms with Crippen molar-refractivity contribution < 1.29 is 33.0 Å². The van der Waals surface area contributed by atoms with E-state index in [9.17, 15) is 18.8 Å². The van der Waals surface area contributed by atoms with Crippen molar-refractivity contribution >= 4 is 23.3 Å². The zero-order valence-electron chi connectivity index (χ0n) is 16.5. The van der Waals surface area contributed by atoms with E-state index in [4.69, 9.17) is 14.2 Å². The van der Waals surface area contributed by atoms with E-state index in [1.165, 1.54) is 31.2 Å². The number of carbonyl (C=O) groups is 3. The van der Waals surface area contributed by atoms with Gasteiger partial charge in [0.2, 0.25) is 0 Å². The predicted molar refractivity (Wildman–Crippen MR) is 106 cm³/mol. The third-order valence-corrected chi connectivity index (χ3v) is 4.41. The van der Waals surface area contributed by atoms with Gasteiger partial charge >= 0.3 is 5.97 Å². The zero-order valence-corrected chi connectivity index (χ0v) is 16.5. The lowest BCUT2D eigenvalue weighted by Gasteiger charge is -2.13. The van der Waals surface area contributed by atoms with Crippen molar-refractivity contribution in [3.63, 3.8) is 0 Å². The number of halogens is 1. The lowest BCUT2D eigenvalue weighted by molar-refractivity contribution is -0.153. The van der Waals surface area contributed by atoms with Gasteiger partial charge in [0.1, 0.15) is 5.82 Å². The van der Waals surface area contributed by atoms with Crippen LogP contribution in [0.4, 0.5) is 10.1 Å². The van der Waals surface area contributed by atoms with E-state index in [2.05, 4.69) is 5.32 Å². The van der Waals surface area contributed by atoms with Crippen LogP contribution in [0.1, 0.15) is 36.5 Å². The zero-order chi connectivity index (χ0) is 21.5. The van der Waals surface area contributed by atoms with Gasteiger partial charge in [-0.05, 0) is 49.4 Å². The molecule has 0 fully saturated rings. The number of ether oxygens (including phenoxy) is 3. The third kappa shape index (κ3) is 5.79. The Kier molecular flexibility index (Phi) is 7.00. The van der Waals surface area contributed by atoms with Crippen LogP contribution in [0.15, 0.2) is 42.5 Å². The Bertz CT molecular complexity index is 928. The molecule has 0 saturated heterocycles. The number of benzene rings is 2. The van der Waals surface area contributed by atoms with Crippen LogP contribution >= 0.6 is 0 Å². The van der Waals surface area contributed by atoms with Crippen LogP contribution in [0.3, 0.4) is 0 Å². The van der Waals surface area contributed by atoms with Gasteiger partial charge in [-0.2, -0.15) is 0 Å². The van der Waals surface area contributed by atoms with Crippen LogP contribution in [0.2, 0.25) is 0 Å². The second kappa shape index (κ2) is 9.87. The van der Waals surface area contributed by atoms with Crippen molar-refractivity contribution in [1.29, 1.82) is 0 Å². The summed E-state index contributed by atoms with van der Waals surface area (Å²) >= 11 is 0. The molecular formula is C22H22FNO6. The van der Waals surface area contributed by atoms with E-state index < -0.39 is 23.8 Å². The monoisotopic (exact) mass is 415 g/mol. The molecule has 8 heteroatoms. The number of anilines is 1. The number of Topliss-reactive ketones (excluding diaryl/α,β-unsaturated/α-hetero) is 1. The summed E-state index contributed by atoms with van der Waals surface area (Å²) < 4.78 is 29.1. The summed E-state index contributed by atoms with van der Waals surface area (Å²) in [4.78, 5) is 36.5. The molecule has 30 heavy (non-hydrogen) atoms. The van der Waals surface area contributed by atoms with Crippen molar-refractivity contribution in [2.45, 2.75) is 32.3 Å². The van der Waals surface area contributed by atoms with Crippen LogP contribution < -0.4 is 14.8 Å². The number of ketones is 1. The number of hydrogen-bond donors (Lipinski definition) is 1. The maximum absolute atomic E-state index is 12.9. The number of rotatable bonds is 7. The van der Waals surface area contributed by atoms with E-state index in [-0.39, 0.29) is 18.6 Å². The van der Waals surface area contributed by atoms with Gasteiger partial charge in [0.15, 0.2) is 23.4 Å². The molecule has 3 rings (SSSR count). The highest BCUT2D eigenvalue weighted by Crippen LogP contribution is 2.30. The van der Waals surface area contributed by atoms with E-state index in [1.54, 1.807) is 18.2 Å². The maximum Gasteiger partial charge on any atom is 0.307 e. The minimum atomic E-state index is -1.06. The van der Waals surface area contributed by atoms with Crippen LogP contribution in [-0.2, 0) is 14.3 Å². The van der Waals surface area contributed by atoms with Gasteiger partial charge in [0, 0.05) is 24.1 Å². The highest BCUT2D eigenvalue weighted by atomic mass is 19.1. The first-order valence-corrected chi connectivity index (χ1v) is 9.61. The summed E-state index contributed by atoms with van der Waals surface area (Å²) in [5.41, 5.74) is 0.794. The SMILES string of the molecule is C[C@@H](OC(=O)CCC(=O)c1ccc2c(c1)OCCCO2)C(=O)Nc1ccc(F)cc1. The van der Waals surface area contributed by atoms with Crippen LogP contribution in [0.5, 0.6) is 11.5 Å². The Hall–Kier alpha value is -3.42. The highest BCUT2D eigenvalue weighted by molar-refractivity contribution is 5.98. The Balaban J connectivity index is 1.47.